The van der Waals surface area contributed by atoms with Crippen LogP contribution in [0.15, 0.2) is 231 Å². The van der Waals surface area contributed by atoms with Crippen LogP contribution in [0.1, 0.15) is 22.3 Å². The van der Waals surface area contributed by atoms with Gasteiger partial charge in [0.2, 0.25) is 0 Å². The molecule has 0 bridgehead atoms. The topological polar surface area (TPSA) is 25.8 Å². The van der Waals surface area contributed by atoms with Crippen molar-refractivity contribution in [1.29, 1.82) is 0 Å². The third-order valence-corrected chi connectivity index (χ3v) is 13.8. The predicted octanol–water partition coefficient (Wildman–Crippen LogP) is 15.5. The van der Waals surface area contributed by atoms with E-state index in [-0.39, 0.29) is 0 Å². The van der Waals surface area contributed by atoms with Crippen LogP contribution in [-0.4, -0.2) is 9.97 Å². The van der Waals surface area contributed by atoms with Crippen LogP contribution in [0, 0.1) is 0 Å². The molecule has 62 heavy (non-hydrogen) atoms. The highest BCUT2D eigenvalue weighted by Gasteiger charge is 2.45. The molecule has 2 nitrogen and oxygen atoms in total. The quantitative estimate of drug-likeness (QED) is 0.160. The van der Waals surface area contributed by atoms with Crippen molar-refractivity contribution in [3.8, 4) is 67.3 Å². The van der Waals surface area contributed by atoms with Crippen LogP contribution in [0.4, 0.5) is 0 Å². The number of benzene rings is 9. The van der Waals surface area contributed by atoms with Crippen LogP contribution >= 0.6 is 11.3 Å². The van der Waals surface area contributed by atoms with Crippen LogP contribution in [0.25, 0.3) is 87.5 Å². The average Bonchev–Trinajstić information content (AvgIpc) is 3.89. The van der Waals surface area contributed by atoms with Crippen molar-refractivity contribution in [2.75, 3.05) is 0 Å². The molecule has 0 amide bonds. The Hall–Kier alpha value is -7.72. The van der Waals surface area contributed by atoms with E-state index in [4.69, 9.17) is 9.97 Å². The smallest absolute Gasteiger partial charge is 0.160 e. The van der Waals surface area contributed by atoms with Gasteiger partial charge in [0.1, 0.15) is 0 Å². The lowest BCUT2D eigenvalue weighted by atomic mass is 9.67. The molecule has 11 aromatic rings. The molecule has 0 saturated carbocycles. The maximum absolute atomic E-state index is 5.18. The van der Waals surface area contributed by atoms with Gasteiger partial charge in [-0.15, -0.1) is 11.3 Å². The number of hydrogen-bond donors (Lipinski definition) is 0. The lowest BCUT2D eigenvalue weighted by Gasteiger charge is -2.34. The second-order valence-corrected chi connectivity index (χ2v) is 17.1. The van der Waals surface area contributed by atoms with E-state index < -0.39 is 5.41 Å². The Labute approximate surface area is 365 Å². The van der Waals surface area contributed by atoms with Gasteiger partial charge in [-0.1, -0.05) is 212 Å². The lowest BCUT2D eigenvalue weighted by Crippen LogP contribution is -2.28. The molecule has 1 aliphatic carbocycles. The van der Waals surface area contributed by atoms with Gasteiger partial charge in [0, 0.05) is 36.9 Å². The zero-order valence-corrected chi connectivity index (χ0v) is 34.6. The summed E-state index contributed by atoms with van der Waals surface area (Å²) < 4.78 is 2.61. The van der Waals surface area contributed by atoms with Gasteiger partial charge >= 0.3 is 0 Å². The molecule has 290 valence electrons. The van der Waals surface area contributed by atoms with Crippen LogP contribution in [0.3, 0.4) is 0 Å². The Morgan fingerprint density at radius 3 is 1.55 bits per heavy atom. The first-order valence-corrected chi connectivity index (χ1v) is 22.0. The summed E-state index contributed by atoms with van der Waals surface area (Å²) in [5.41, 5.74) is 16.9. The number of fused-ring (bicyclic) bond motifs is 6. The second-order valence-electron chi connectivity index (χ2n) is 16.1. The van der Waals surface area contributed by atoms with Gasteiger partial charge in [-0.05, 0) is 73.8 Å². The van der Waals surface area contributed by atoms with Crippen molar-refractivity contribution in [3.05, 3.63) is 253 Å². The largest absolute Gasteiger partial charge is 0.228 e. The van der Waals surface area contributed by atoms with Gasteiger partial charge in [0.05, 0.1) is 16.8 Å². The molecule has 2 heterocycles. The van der Waals surface area contributed by atoms with Gasteiger partial charge in [0.25, 0.3) is 0 Å². The van der Waals surface area contributed by atoms with E-state index in [0.29, 0.717) is 5.82 Å². The lowest BCUT2D eigenvalue weighted by molar-refractivity contribution is 0.768. The van der Waals surface area contributed by atoms with Gasteiger partial charge in [-0.3, -0.25) is 0 Å². The van der Waals surface area contributed by atoms with Gasteiger partial charge in [0.15, 0.2) is 5.82 Å². The summed E-state index contributed by atoms with van der Waals surface area (Å²) in [6.45, 7) is 0. The molecule has 0 unspecified atom stereocenters. The molecule has 0 fully saturated rings. The van der Waals surface area contributed by atoms with Crippen molar-refractivity contribution in [2.24, 2.45) is 0 Å². The average molecular weight is 807 g/mol. The van der Waals surface area contributed by atoms with E-state index in [1.54, 1.807) is 0 Å². The van der Waals surface area contributed by atoms with E-state index >= 15 is 0 Å². The first-order valence-electron chi connectivity index (χ1n) is 21.1. The number of nitrogens with zero attached hydrogens (tertiary/aromatic N) is 2. The Morgan fingerprint density at radius 2 is 0.823 bits per heavy atom. The summed E-state index contributed by atoms with van der Waals surface area (Å²) in [4.78, 5) is 10.4. The van der Waals surface area contributed by atoms with Crippen molar-refractivity contribution < 1.29 is 0 Å². The third kappa shape index (κ3) is 5.85. The minimum atomic E-state index is -0.413. The fraction of sp³-hybridized carbons (Fsp3) is 0.0169. The summed E-state index contributed by atoms with van der Waals surface area (Å²) >= 11 is 1.86. The monoisotopic (exact) mass is 806 g/mol. The Morgan fingerprint density at radius 1 is 0.323 bits per heavy atom. The molecule has 0 atom stereocenters. The first-order chi connectivity index (χ1) is 30.7. The van der Waals surface area contributed by atoms with Gasteiger partial charge < -0.3 is 0 Å². The summed E-state index contributed by atoms with van der Waals surface area (Å²) in [6.07, 6.45) is 0. The maximum Gasteiger partial charge on any atom is 0.160 e. The standard InChI is InChI=1S/C59H38N2S/c1-3-15-42(16-4-1)58-60-54(38-55(61-58)44-18-13-17-43(37-44)47-24-14-25-51-50-23-9-12-28-56(50)62-57(47)51)41-31-29-39(30-32-41)40-33-35-46(36-34-40)59(45-19-5-2-6-20-45)52-26-10-7-21-48(52)49-22-8-11-27-53(49)59/h1-38H. The molecular weight excluding hydrogens is 769 g/mol. The fourth-order valence-electron chi connectivity index (χ4n) is 9.74. The third-order valence-electron chi connectivity index (χ3n) is 12.6. The molecule has 3 heteroatoms. The molecule has 0 saturated heterocycles. The SMILES string of the molecule is c1ccc(-c2nc(-c3ccc(-c4ccc(C5(c6ccccc6)c6ccccc6-c6ccccc65)cc4)cc3)cc(-c3cccc(-c4cccc5c4sc4ccccc45)c3)n2)cc1. The van der Waals surface area contributed by atoms with E-state index in [1.807, 2.05) is 29.5 Å². The molecule has 0 aliphatic heterocycles. The normalized spacial score (nSPS) is 12.6. The Bertz CT molecular complexity index is 3400. The number of hydrogen-bond acceptors (Lipinski definition) is 3. The number of aromatic nitrogens is 2. The highest BCUT2D eigenvalue weighted by atomic mass is 32.1. The summed E-state index contributed by atoms with van der Waals surface area (Å²) in [5, 5.41) is 2.60. The van der Waals surface area contributed by atoms with Crippen LogP contribution < -0.4 is 0 Å². The summed E-state index contributed by atoms with van der Waals surface area (Å²) in [7, 11) is 0. The highest BCUT2D eigenvalue weighted by molar-refractivity contribution is 7.26. The van der Waals surface area contributed by atoms with Crippen molar-refractivity contribution in [1.82, 2.24) is 9.97 Å². The van der Waals surface area contributed by atoms with E-state index in [1.165, 1.54) is 70.2 Å². The Balaban J connectivity index is 0.915. The van der Waals surface area contributed by atoms with Crippen LogP contribution in [0.2, 0.25) is 0 Å². The van der Waals surface area contributed by atoms with Crippen LogP contribution in [0.5, 0.6) is 0 Å². The zero-order chi connectivity index (χ0) is 41.0. The van der Waals surface area contributed by atoms with E-state index in [2.05, 4.69) is 212 Å². The first kappa shape index (κ1) is 36.2. The summed E-state index contributed by atoms with van der Waals surface area (Å²) in [5.74, 6) is 0.706. The second kappa shape index (κ2) is 14.8. The number of thiophene rings is 1. The molecular formula is C59H38N2S. The van der Waals surface area contributed by atoms with Gasteiger partial charge in [-0.25, -0.2) is 9.97 Å². The van der Waals surface area contributed by atoms with E-state index in [0.717, 1.165) is 33.6 Å². The number of rotatable bonds is 7. The van der Waals surface area contributed by atoms with Crippen molar-refractivity contribution in [3.63, 3.8) is 0 Å². The van der Waals surface area contributed by atoms with Gasteiger partial charge in [-0.2, -0.15) is 0 Å². The minimum absolute atomic E-state index is 0.413. The molecule has 9 aromatic carbocycles. The van der Waals surface area contributed by atoms with Crippen molar-refractivity contribution >= 4 is 31.5 Å². The maximum atomic E-state index is 5.18. The van der Waals surface area contributed by atoms with Crippen molar-refractivity contribution in [2.45, 2.75) is 5.41 Å². The molecule has 2 aromatic heterocycles. The molecule has 0 radical (unpaired) electrons. The Kier molecular flexibility index (Phi) is 8.62. The molecule has 12 rings (SSSR count). The predicted molar refractivity (Wildman–Crippen MR) is 259 cm³/mol. The van der Waals surface area contributed by atoms with Crippen LogP contribution in [-0.2, 0) is 5.41 Å². The highest BCUT2D eigenvalue weighted by Crippen LogP contribution is 2.56. The van der Waals surface area contributed by atoms with E-state index in [9.17, 15) is 0 Å². The molecule has 0 spiro atoms. The zero-order valence-electron chi connectivity index (χ0n) is 33.7. The molecule has 1 aliphatic rings. The summed E-state index contributed by atoms with van der Waals surface area (Å²) in [6, 6.07) is 83.3. The molecule has 0 N–H and O–H groups in total. The fourth-order valence-corrected chi connectivity index (χ4v) is 11.0. The minimum Gasteiger partial charge on any atom is -0.228 e.